The number of ether oxygens (including phenoxy) is 4. The van der Waals surface area contributed by atoms with Gasteiger partial charge in [-0.3, -0.25) is 23.5 Å². The van der Waals surface area contributed by atoms with E-state index in [-0.39, 0.29) is 61.5 Å². The predicted octanol–water partition coefficient (Wildman–Crippen LogP) is 4.25. The van der Waals surface area contributed by atoms with Crippen LogP contribution in [0, 0.1) is 47.3 Å². The van der Waals surface area contributed by atoms with E-state index in [9.17, 15) is 55.6 Å². The van der Waals surface area contributed by atoms with Crippen molar-refractivity contribution >= 4 is 38.7 Å². The molecule has 0 unspecified atom stereocenters. The van der Waals surface area contributed by atoms with Crippen LogP contribution in [0.5, 0.6) is 5.75 Å². The second-order valence-electron chi connectivity index (χ2n) is 18.3. The maximum atomic E-state index is 13.3. The molecule has 13 atom stereocenters. The predicted molar refractivity (Wildman–Crippen MR) is 212 cm³/mol. The molecule has 1 spiro atoms. The molecule has 1 heterocycles. The number of benzene rings is 1. The fourth-order valence-corrected chi connectivity index (χ4v) is 12.4. The Kier molecular flexibility index (Phi) is 14.0. The Balaban J connectivity index is 1.31. The third-order valence-electron chi connectivity index (χ3n) is 13.8. The highest BCUT2D eigenvalue weighted by molar-refractivity contribution is 7.81. The molecule has 1 aliphatic heterocycles. The van der Waals surface area contributed by atoms with Crippen LogP contribution in [0.15, 0.2) is 30.4 Å². The van der Waals surface area contributed by atoms with E-state index in [0.29, 0.717) is 31.2 Å². The first kappa shape index (κ1) is 47.3. The molecule has 0 radical (unpaired) electrons. The Morgan fingerprint density at radius 2 is 1.67 bits per heavy atom. The zero-order valence-corrected chi connectivity index (χ0v) is 36.3. The van der Waals surface area contributed by atoms with Crippen LogP contribution in [-0.4, -0.2) is 109 Å². The Labute approximate surface area is 356 Å². The van der Waals surface area contributed by atoms with Crippen molar-refractivity contribution in [2.75, 3.05) is 6.61 Å². The zero-order chi connectivity index (χ0) is 44.8. The number of rotatable bonds is 16. The van der Waals surface area contributed by atoms with Gasteiger partial charge in [0.25, 0.3) is 0 Å². The summed E-state index contributed by atoms with van der Waals surface area (Å²) in [4.78, 5) is 39.3. The average Bonchev–Trinajstić information content (AvgIpc) is 3.31. The van der Waals surface area contributed by atoms with Crippen molar-refractivity contribution in [3.63, 3.8) is 0 Å². The lowest BCUT2D eigenvalue weighted by Gasteiger charge is -2.62. The number of carboxylic acids is 1. The normalized spacial score (nSPS) is 36.2. The van der Waals surface area contributed by atoms with Crippen molar-refractivity contribution in [1.82, 2.24) is 0 Å². The van der Waals surface area contributed by atoms with Gasteiger partial charge in [-0.2, -0.15) is 16.8 Å². The number of aromatic hydroxyl groups is 1. The van der Waals surface area contributed by atoms with E-state index in [2.05, 4.69) is 6.58 Å². The SMILES string of the molecule is C=C1[C@@H]2CC[C@H]3[C@]4(C)C[C@H](O[C@@H]5O[C@H](COC(=O)CCCc6ccc(O)c(C)c6)[C@@H](OS(=O)(=O)O)[C@H](OS(=O)(=O)O)[C@H]5OC(=O)CC(C)C)C[C@@H](C(=O)O)[C@H]4CC[C@]3(C2)[C@@H]1O. The molecule has 4 aliphatic carbocycles. The number of carbonyl (C=O) groups excluding carboxylic acids is 2. The zero-order valence-electron chi connectivity index (χ0n) is 34.7. The molecule has 2 bridgehead atoms. The van der Waals surface area contributed by atoms with Gasteiger partial charge in [-0.05, 0) is 117 Å². The number of aliphatic carboxylic acids is 1. The van der Waals surface area contributed by atoms with E-state index >= 15 is 0 Å². The molecule has 5 fully saturated rings. The molecule has 6 rings (SSSR count). The largest absolute Gasteiger partial charge is 0.508 e. The minimum absolute atomic E-state index is 0.0608. The standard InChI is InChI=1S/C41H58O18S2/c1-21(2)15-33(44)57-36-35(59-61(51,52)53)34(58-60(48,49)50)30(20-54-32(43)8-6-7-24-9-11-29(42)22(3)16-24)56-39(36)55-26-17-27(38(46)47)28-13-14-41-18-25(23(4)37(41)45)10-12-31(41)40(28,5)19-26/h9,11,16,21,25-28,30-31,34-37,39,42,45H,4,6-8,10,12-15,17-20H2,1-3,5H3,(H,46,47)(H,48,49,50)(H,51,52,53)/t25-,26-,27-,28-,30-,31+,34-,35+,36-,37-,39-,40-,41-/m1/s1. The van der Waals surface area contributed by atoms with E-state index in [1.165, 1.54) is 6.07 Å². The first-order valence-corrected chi connectivity index (χ1v) is 23.5. The molecule has 4 saturated carbocycles. The van der Waals surface area contributed by atoms with Gasteiger partial charge in [0.15, 0.2) is 18.5 Å². The first-order valence-electron chi connectivity index (χ1n) is 20.8. The molecule has 5 aliphatic rings. The van der Waals surface area contributed by atoms with Gasteiger partial charge in [-0.25, -0.2) is 8.37 Å². The number of esters is 2. The number of fused-ring (bicyclic) bond motifs is 3. The Morgan fingerprint density at radius 3 is 2.31 bits per heavy atom. The van der Waals surface area contributed by atoms with Gasteiger partial charge in [0.2, 0.25) is 0 Å². The highest BCUT2D eigenvalue weighted by atomic mass is 32.3. The Hall–Kier alpha value is -3.21. The molecule has 20 heteroatoms. The van der Waals surface area contributed by atoms with Gasteiger partial charge in [0, 0.05) is 18.3 Å². The summed E-state index contributed by atoms with van der Waals surface area (Å²) in [5, 5.41) is 32.0. The van der Waals surface area contributed by atoms with E-state index in [1.54, 1.807) is 32.9 Å². The maximum absolute atomic E-state index is 13.3. The van der Waals surface area contributed by atoms with E-state index < -0.39 is 105 Å². The summed E-state index contributed by atoms with van der Waals surface area (Å²) in [6.45, 7) is 10.4. The second-order valence-corrected chi connectivity index (χ2v) is 20.4. The monoisotopic (exact) mass is 902 g/mol. The van der Waals surface area contributed by atoms with E-state index in [4.69, 9.17) is 27.3 Å². The molecular formula is C41H58O18S2. The summed E-state index contributed by atoms with van der Waals surface area (Å²) in [6.07, 6.45) is -8.15. The van der Waals surface area contributed by atoms with Gasteiger partial charge in [-0.15, -0.1) is 0 Å². The van der Waals surface area contributed by atoms with Gasteiger partial charge >= 0.3 is 38.7 Å². The number of phenolic OH excluding ortho intramolecular Hbond substituents is 1. The number of hydrogen-bond donors (Lipinski definition) is 5. The van der Waals surface area contributed by atoms with Crippen LogP contribution in [-0.2, 0) is 68.9 Å². The number of hydrogen-bond acceptors (Lipinski definition) is 15. The number of carbonyl (C=O) groups is 3. The Bertz CT molecular complexity index is 2060. The third kappa shape index (κ3) is 10.4. The van der Waals surface area contributed by atoms with Crippen LogP contribution >= 0.6 is 0 Å². The average molecular weight is 903 g/mol. The lowest BCUT2D eigenvalue weighted by atomic mass is 9.43. The van der Waals surface area contributed by atoms with Crippen LogP contribution in [0.25, 0.3) is 0 Å². The van der Waals surface area contributed by atoms with Crippen LogP contribution in [0.4, 0.5) is 0 Å². The van der Waals surface area contributed by atoms with Crippen molar-refractivity contribution in [1.29, 1.82) is 0 Å². The third-order valence-corrected chi connectivity index (χ3v) is 14.8. The number of aliphatic hydroxyl groups excluding tert-OH is 1. The molecular weight excluding hydrogens is 845 g/mol. The number of carboxylic acid groups (broad SMARTS) is 1. The van der Waals surface area contributed by atoms with Gasteiger partial charge in [-0.1, -0.05) is 39.5 Å². The van der Waals surface area contributed by atoms with Crippen molar-refractivity contribution in [2.24, 2.45) is 40.4 Å². The summed E-state index contributed by atoms with van der Waals surface area (Å²) in [7, 11) is -11.0. The quantitative estimate of drug-likeness (QED) is 0.0671. The molecule has 342 valence electrons. The van der Waals surface area contributed by atoms with Gasteiger partial charge < -0.3 is 34.3 Å². The van der Waals surface area contributed by atoms with Crippen molar-refractivity contribution in [3.8, 4) is 5.75 Å². The van der Waals surface area contributed by atoms with Crippen LogP contribution in [0.1, 0.15) is 96.1 Å². The summed E-state index contributed by atoms with van der Waals surface area (Å²) < 4.78 is 103. The summed E-state index contributed by atoms with van der Waals surface area (Å²) in [5.41, 5.74) is 1.03. The molecule has 1 saturated heterocycles. The summed E-state index contributed by atoms with van der Waals surface area (Å²) in [6, 6.07) is 4.97. The van der Waals surface area contributed by atoms with Crippen LogP contribution in [0.2, 0.25) is 0 Å². The van der Waals surface area contributed by atoms with Crippen LogP contribution < -0.4 is 0 Å². The molecule has 0 amide bonds. The smallest absolute Gasteiger partial charge is 0.397 e. The molecule has 18 nitrogen and oxygen atoms in total. The fourth-order valence-electron chi connectivity index (χ4n) is 11.4. The molecule has 1 aromatic rings. The number of phenols is 1. The number of aliphatic hydroxyl groups is 1. The van der Waals surface area contributed by atoms with Crippen molar-refractivity contribution < 1.29 is 83.0 Å². The van der Waals surface area contributed by atoms with Gasteiger partial charge in [0.05, 0.1) is 18.1 Å². The maximum Gasteiger partial charge on any atom is 0.397 e. The minimum atomic E-state index is -5.52. The highest BCUT2D eigenvalue weighted by Crippen LogP contribution is 2.70. The topological polar surface area (TPSA) is 276 Å². The van der Waals surface area contributed by atoms with E-state index in [0.717, 1.165) is 24.0 Å². The summed E-state index contributed by atoms with van der Waals surface area (Å²) >= 11 is 0. The van der Waals surface area contributed by atoms with Crippen molar-refractivity contribution in [3.05, 3.63) is 41.5 Å². The fraction of sp³-hybridized carbons (Fsp3) is 0.732. The molecule has 1 aromatic carbocycles. The lowest BCUT2D eigenvalue weighted by Crippen LogP contribution is -2.64. The van der Waals surface area contributed by atoms with Gasteiger partial charge in [0.1, 0.15) is 24.6 Å². The van der Waals surface area contributed by atoms with Crippen LogP contribution in [0.3, 0.4) is 0 Å². The highest BCUT2D eigenvalue weighted by Gasteiger charge is 2.67. The summed E-state index contributed by atoms with van der Waals surface area (Å²) in [5.74, 6) is -4.22. The lowest BCUT2D eigenvalue weighted by molar-refractivity contribution is -0.316. The van der Waals surface area contributed by atoms with E-state index in [1.807, 2.05) is 6.92 Å². The van der Waals surface area contributed by atoms with Crippen molar-refractivity contribution in [2.45, 2.75) is 141 Å². The second kappa shape index (κ2) is 18.1. The Morgan fingerprint density at radius 1 is 0.984 bits per heavy atom. The minimum Gasteiger partial charge on any atom is -0.508 e. The first-order chi connectivity index (χ1) is 28.4. The molecule has 5 N–H and O–H groups in total. The number of aryl methyl sites for hydroxylation is 2. The molecule has 0 aromatic heterocycles. The molecule has 61 heavy (non-hydrogen) atoms.